The van der Waals surface area contributed by atoms with Gasteiger partial charge in [0.05, 0.1) is 18.2 Å². The Balaban J connectivity index is 1.73. The van der Waals surface area contributed by atoms with Crippen molar-refractivity contribution in [1.82, 2.24) is 5.48 Å². The fourth-order valence-electron chi connectivity index (χ4n) is 7.43. The summed E-state index contributed by atoms with van der Waals surface area (Å²) >= 11 is 0. The van der Waals surface area contributed by atoms with Gasteiger partial charge in [0.15, 0.2) is 5.67 Å². The monoisotopic (exact) mass is 482 g/mol. The molecule has 0 amide bonds. The third-order valence-corrected chi connectivity index (χ3v) is 9.35. The summed E-state index contributed by atoms with van der Waals surface area (Å²) in [6.07, 6.45) is 3.05. The lowest BCUT2D eigenvalue weighted by molar-refractivity contribution is -0.210. The summed E-state index contributed by atoms with van der Waals surface area (Å²) in [5, 5.41) is 56.4. The van der Waals surface area contributed by atoms with Crippen molar-refractivity contribution >= 4 is 11.7 Å². The van der Waals surface area contributed by atoms with Crippen LogP contribution in [0.15, 0.2) is 29.0 Å². The largest absolute Gasteiger partial charge is 0.459 e. The van der Waals surface area contributed by atoms with Crippen LogP contribution in [0, 0.1) is 22.7 Å². The van der Waals surface area contributed by atoms with Crippen molar-refractivity contribution in [3.05, 3.63) is 23.8 Å². The number of rotatable bonds is 5. The molecule has 0 aliphatic heterocycles. The predicted molar refractivity (Wildman–Crippen MR) is 119 cm³/mol. The maximum absolute atomic E-state index is 17.2. The van der Waals surface area contributed by atoms with Gasteiger partial charge in [-0.25, -0.2) is 4.39 Å². The summed E-state index contributed by atoms with van der Waals surface area (Å²) in [5.41, 5.74) is -3.93. The van der Waals surface area contributed by atoms with E-state index in [-0.39, 0.29) is 25.0 Å². The third kappa shape index (κ3) is 3.08. The standard InChI is InChI=1S/C24H35FN2O7/c1-4-20(30)34-12-17(27-33)24(31)18(28)10-16-15-6-5-13-9-14(26-32)7-8-21(13,2)23(15,25)19(29)11-22(16,24)3/h7-9,14-16,18-19,26,28-29,31-33H,4-6,10-12H2,1-3H3/b27-17+/t14?,15-,16-,18+,19-,21-,22-,23-,24+/m0/s1. The summed E-state index contributed by atoms with van der Waals surface area (Å²) in [6.45, 7) is 4.48. The minimum Gasteiger partial charge on any atom is -0.459 e. The van der Waals surface area contributed by atoms with E-state index in [0.29, 0.717) is 12.8 Å². The molecule has 3 saturated carbocycles. The van der Waals surface area contributed by atoms with Gasteiger partial charge in [0, 0.05) is 23.2 Å². The topological polar surface area (TPSA) is 152 Å². The minimum atomic E-state index is -2.12. The van der Waals surface area contributed by atoms with E-state index in [4.69, 9.17) is 4.74 Å². The number of fused-ring (bicyclic) bond motifs is 5. The van der Waals surface area contributed by atoms with Gasteiger partial charge in [-0.3, -0.25) is 4.79 Å². The molecule has 0 aromatic heterocycles. The fraction of sp³-hybridized carbons (Fsp3) is 0.750. The van der Waals surface area contributed by atoms with Gasteiger partial charge >= 0.3 is 5.97 Å². The highest BCUT2D eigenvalue weighted by Gasteiger charge is 2.75. The number of carbonyl (C=O) groups is 1. The Kier molecular flexibility index (Phi) is 6.22. The van der Waals surface area contributed by atoms with Crippen LogP contribution in [-0.2, 0) is 9.53 Å². The highest BCUT2D eigenvalue weighted by atomic mass is 19.1. The number of carbonyl (C=O) groups excluding carboxylic acids is 1. The summed E-state index contributed by atoms with van der Waals surface area (Å²) in [6, 6.07) is -0.443. The van der Waals surface area contributed by atoms with Crippen LogP contribution in [0.2, 0.25) is 0 Å². The number of nitrogens with zero attached hydrogens (tertiary/aromatic N) is 1. The smallest absolute Gasteiger partial charge is 0.305 e. The summed E-state index contributed by atoms with van der Waals surface area (Å²) in [4.78, 5) is 11.7. The molecule has 4 aliphatic carbocycles. The second-order valence-corrected chi connectivity index (χ2v) is 10.6. The fourth-order valence-corrected chi connectivity index (χ4v) is 7.43. The SMILES string of the molecule is CCC(=O)OC/C(=N\O)[C@@]1(O)[C@H](O)C[C@H]2[C@@H]3CCC4=CC(NO)C=C[C@]4(C)[C@@]3(F)[C@@H](O)C[C@@]21C. The number of alkyl halides is 1. The molecule has 0 bridgehead atoms. The van der Waals surface area contributed by atoms with Gasteiger partial charge in [0.25, 0.3) is 0 Å². The zero-order chi connectivity index (χ0) is 25.1. The average Bonchev–Trinajstić information content (AvgIpc) is 3.01. The molecule has 0 aromatic carbocycles. The molecule has 4 rings (SSSR count). The highest BCUT2D eigenvalue weighted by Crippen LogP contribution is 2.69. The molecule has 0 saturated heterocycles. The van der Waals surface area contributed by atoms with E-state index in [0.717, 1.165) is 5.57 Å². The van der Waals surface area contributed by atoms with Gasteiger partial charge in [-0.1, -0.05) is 42.8 Å². The van der Waals surface area contributed by atoms with Gasteiger partial charge in [-0.2, -0.15) is 5.48 Å². The number of halogens is 1. The maximum atomic E-state index is 17.2. The van der Waals surface area contributed by atoms with Crippen LogP contribution in [0.1, 0.15) is 52.9 Å². The van der Waals surface area contributed by atoms with E-state index in [1.165, 1.54) is 0 Å². The molecular formula is C24H35FN2O7. The first-order valence-electron chi connectivity index (χ1n) is 11.9. The molecule has 9 atom stereocenters. The Morgan fingerprint density at radius 3 is 2.62 bits per heavy atom. The van der Waals surface area contributed by atoms with E-state index in [9.17, 15) is 30.5 Å². The number of aliphatic hydroxyl groups excluding tert-OH is 2. The first-order valence-corrected chi connectivity index (χ1v) is 11.9. The maximum Gasteiger partial charge on any atom is 0.305 e. The number of hydrogen-bond donors (Lipinski definition) is 6. The molecule has 10 heteroatoms. The molecule has 190 valence electrons. The van der Waals surface area contributed by atoms with Gasteiger partial charge < -0.3 is 30.5 Å². The number of esters is 1. The number of nitrogens with one attached hydrogen (secondary N) is 1. The van der Waals surface area contributed by atoms with Crippen molar-refractivity contribution in [2.24, 2.45) is 27.8 Å². The van der Waals surface area contributed by atoms with Crippen LogP contribution in [0.4, 0.5) is 4.39 Å². The zero-order valence-corrected chi connectivity index (χ0v) is 19.7. The highest BCUT2D eigenvalue weighted by molar-refractivity contribution is 5.96. The molecule has 1 unspecified atom stereocenters. The molecular weight excluding hydrogens is 447 g/mol. The van der Waals surface area contributed by atoms with E-state index >= 15 is 4.39 Å². The van der Waals surface area contributed by atoms with E-state index < -0.39 is 64.8 Å². The molecule has 6 N–H and O–H groups in total. The van der Waals surface area contributed by atoms with Gasteiger partial charge in [-0.05, 0) is 38.5 Å². The van der Waals surface area contributed by atoms with Crippen LogP contribution in [0.5, 0.6) is 0 Å². The Labute approximate surface area is 197 Å². The third-order valence-electron chi connectivity index (χ3n) is 9.35. The Hall–Kier alpha value is -1.85. The van der Waals surface area contributed by atoms with Crippen LogP contribution < -0.4 is 5.48 Å². The molecule has 0 heterocycles. The van der Waals surface area contributed by atoms with E-state index in [1.807, 2.05) is 0 Å². The first-order chi connectivity index (χ1) is 15.9. The lowest BCUT2D eigenvalue weighted by Gasteiger charge is -2.62. The van der Waals surface area contributed by atoms with Crippen molar-refractivity contribution in [2.45, 2.75) is 82.4 Å². The molecule has 34 heavy (non-hydrogen) atoms. The number of hydroxylamine groups is 1. The minimum absolute atomic E-state index is 0.0382. The van der Waals surface area contributed by atoms with Crippen molar-refractivity contribution in [1.29, 1.82) is 0 Å². The quantitative estimate of drug-likeness (QED) is 0.114. The second-order valence-electron chi connectivity index (χ2n) is 10.6. The molecule has 0 spiro atoms. The lowest BCUT2D eigenvalue weighted by Crippen LogP contribution is -2.70. The molecule has 0 aromatic rings. The molecule has 0 radical (unpaired) electrons. The van der Waals surface area contributed by atoms with E-state index in [1.54, 1.807) is 39.0 Å². The molecule has 4 aliphatic rings. The van der Waals surface area contributed by atoms with Gasteiger partial charge in [0.1, 0.15) is 17.9 Å². The van der Waals surface area contributed by atoms with Crippen molar-refractivity contribution < 1.29 is 39.7 Å². The van der Waals surface area contributed by atoms with Gasteiger partial charge in [0.2, 0.25) is 0 Å². The normalized spacial score (nSPS) is 47.9. The molecule has 9 nitrogen and oxygen atoms in total. The lowest BCUT2D eigenvalue weighted by atomic mass is 9.44. The summed E-state index contributed by atoms with van der Waals surface area (Å²) in [7, 11) is 0. The van der Waals surface area contributed by atoms with Crippen LogP contribution in [-0.4, -0.2) is 73.5 Å². The second kappa shape index (κ2) is 8.37. The van der Waals surface area contributed by atoms with E-state index in [2.05, 4.69) is 10.6 Å². The average molecular weight is 483 g/mol. The van der Waals surface area contributed by atoms with Crippen LogP contribution >= 0.6 is 0 Å². The number of hydrogen-bond acceptors (Lipinski definition) is 9. The van der Waals surface area contributed by atoms with Gasteiger partial charge in [-0.15, -0.1) is 0 Å². The zero-order valence-electron chi connectivity index (χ0n) is 19.7. The first kappa shape index (κ1) is 25.2. The number of ether oxygens (including phenoxy) is 1. The Bertz CT molecular complexity index is 940. The number of allylic oxidation sites excluding steroid dienone is 2. The predicted octanol–water partition coefficient (Wildman–Crippen LogP) is 1.62. The Morgan fingerprint density at radius 1 is 1.29 bits per heavy atom. The number of aliphatic hydroxyl groups is 3. The van der Waals surface area contributed by atoms with Crippen LogP contribution in [0.3, 0.4) is 0 Å². The van der Waals surface area contributed by atoms with Crippen molar-refractivity contribution in [3.63, 3.8) is 0 Å². The number of oxime groups is 1. The van der Waals surface area contributed by atoms with Crippen molar-refractivity contribution in [2.75, 3.05) is 6.61 Å². The molecule has 3 fully saturated rings. The Morgan fingerprint density at radius 2 is 2.00 bits per heavy atom. The van der Waals surface area contributed by atoms with Crippen molar-refractivity contribution in [3.8, 4) is 0 Å². The van der Waals surface area contributed by atoms with Crippen LogP contribution in [0.25, 0.3) is 0 Å². The summed E-state index contributed by atoms with van der Waals surface area (Å²) < 4.78 is 22.3. The summed E-state index contributed by atoms with van der Waals surface area (Å²) in [5.74, 6) is -1.81.